The fourth-order valence-corrected chi connectivity index (χ4v) is 8.44. The fraction of sp³-hybridized carbons (Fsp3) is 0.810. The normalized spacial score (nSPS) is 39.9. The second kappa shape index (κ2) is 7.03. The monoisotopic (exact) mass is 435 g/mol. The number of aromatic nitrogens is 2. The molecule has 2 heterocycles. The summed E-state index contributed by atoms with van der Waals surface area (Å²) in [7, 11) is -0.433. The van der Waals surface area contributed by atoms with Gasteiger partial charge in [-0.1, -0.05) is 0 Å². The highest BCUT2D eigenvalue weighted by molar-refractivity contribution is 7.87. The summed E-state index contributed by atoms with van der Waals surface area (Å²) < 4.78 is 31.0. The lowest BCUT2D eigenvalue weighted by Gasteiger charge is -2.57. The van der Waals surface area contributed by atoms with E-state index in [1.54, 1.807) is 4.68 Å². The summed E-state index contributed by atoms with van der Waals surface area (Å²) in [4.78, 5) is 13.2. The molecule has 1 saturated heterocycles. The van der Waals surface area contributed by atoms with Gasteiger partial charge in [0.25, 0.3) is 10.2 Å². The van der Waals surface area contributed by atoms with Gasteiger partial charge in [0.05, 0.1) is 11.7 Å². The van der Waals surface area contributed by atoms with Crippen molar-refractivity contribution in [2.24, 2.45) is 30.2 Å². The summed E-state index contributed by atoms with van der Waals surface area (Å²) >= 11 is 0. The van der Waals surface area contributed by atoms with Crippen LogP contribution in [0.3, 0.4) is 0 Å². The van der Waals surface area contributed by atoms with Crippen molar-refractivity contribution in [3.05, 3.63) is 17.5 Å². The Hall–Kier alpha value is -1.45. The van der Waals surface area contributed by atoms with Crippen molar-refractivity contribution in [3.63, 3.8) is 0 Å². The average Bonchev–Trinajstić information content (AvgIpc) is 2.99. The van der Waals surface area contributed by atoms with Crippen LogP contribution in [0.5, 0.6) is 0 Å². The topological polar surface area (TPSA) is 96.3 Å². The standard InChI is InChI=1S/C21H33N5O3S/c1-13-17(11-25(2)23-13)18-7-19(26(3)30(28,29)24-18)20(27)22-12-21-8-14-4-15(9-21)6-16(5-14)10-21/h11,14-16,18-19,24H,4-10,12H2,1-3H3,(H,22,27)/t14?,15?,16?,18-,19-,21?/m1/s1. The molecule has 4 bridgehead atoms. The lowest BCUT2D eigenvalue weighted by atomic mass is 9.49. The Labute approximate surface area is 179 Å². The van der Waals surface area contributed by atoms with E-state index in [2.05, 4.69) is 15.1 Å². The number of nitrogens with zero attached hydrogens (tertiary/aromatic N) is 3. The Kier molecular flexibility index (Phi) is 4.79. The Balaban J connectivity index is 1.31. The van der Waals surface area contributed by atoms with Gasteiger partial charge in [-0.25, -0.2) is 0 Å². The van der Waals surface area contributed by atoms with Gasteiger partial charge < -0.3 is 5.32 Å². The lowest BCUT2D eigenvalue weighted by molar-refractivity contribution is -0.127. The van der Waals surface area contributed by atoms with Crippen LogP contribution in [0, 0.1) is 30.1 Å². The van der Waals surface area contributed by atoms with E-state index >= 15 is 0 Å². The van der Waals surface area contributed by atoms with Crippen LogP contribution in [0.25, 0.3) is 0 Å². The van der Waals surface area contributed by atoms with Crippen molar-refractivity contribution < 1.29 is 13.2 Å². The summed E-state index contributed by atoms with van der Waals surface area (Å²) in [6.45, 7) is 2.55. The van der Waals surface area contributed by atoms with Gasteiger partial charge in [0.15, 0.2) is 0 Å². The molecule has 1 aliphatic heterocycles. The van der Waals surface area contributed by atoms with Crippen LogP contribution in [-0.2, 0) is 22.1 Å². The van der Waals surface area contributed by atoms with E-state index in [1.807, 2.05) is 20.2 Å². The molecular formula is C21H33N5O3S. The number of carbonyl (C=O) groups is 1. The smallest absolute Gasteiger partial charge is 0.280 e. The Morgan fingerprint density at radius 3 is 2.30 bits per heavy atom. The van der Waals surface area contributed by atoms with Crippen molar-refractivity contribution in [3.8, 4) is 0 Å². The van der Waals surface area contributed by atoms with E-state index in [9.17, 15) is 13.2 Å². The van der Waals surface area contributed by atoms with Gasteiger partial charge in [-0.05, 0) is 75.0 Å². The predicted octanol–water partition coefficient (Wildman–Crippen LogP) is 1.64. The Bertz CT molecular complexity index is 921. The van der Waals surface area contributed by atoms with Gasteiger partial charge in [-0.15, -0.1) is 0 Å². The molecule has 1 amide bonds. The van der Waals surface area contributed by atoms with Crippen molar-refractivity contribution in [2.75, 3.05) is 13.6 Å². The fourth-order valence-electron chi connectivity index (χ4n) is 7.17. The summed E-state index contributed by atoms with van der Waals surface area (Å²) in [6, 6.07) is -1.16. The molecule has 1 aromatic rings. The highest BCUT2D eigenvalue weighted by Gasteiger charge is 2.51. The maximum Gasteiger partial charge on any atom is 0.280 e. The quantitative estimate of drug-likeness (QED) is 0.751. The van der Waals surface area contributed by atoms with Crippen LogP contribution in [0.15, 0.2) is 6.20 Å². The minimum absolute atomic E-state index is 0.176. The molecule has 0 spiro atoms. The van der Waals surface area contributed by atoms with E-state index < -0.39 is 22.3 Å². The SMILES string of the molecule is Cc1nn(C)cc1[C@H]1C[C@H](C(=O)NCC23CC4CC(CC(C4)C2)C3)N(C)S(=O)(=O)N1. The number of carbonyl (C=O) groups excluding carboxylic acids is 1. The Morgan fingerprint density at radius 2 is 1.77 bits per heavy atom. The van der Waals surface area contributed by atoms with E-state index in [0.29, 0.717) is 13.0 Å². The molecule has 1 aromatic heterocycles. The van der Waals surface area contributed by atoms with Gasteiger partial charge in [-0.2, -0.15) is 22.5 Å². The van der Waals surface area contributed by atoms with E-state index in [0.717, 1.165) is 29.0 Å². The van der Waals surface area contributed by atoms with Crippen molar-refractivity contribution in [1.82, 2.24) is 24.1 Å². The largest absolute Gasteiger partial charge is 0.354 e. The third-order valence-electron chi connectivity index (χ3n) is 8.10. The summed E-state index contributed by atoms with van der Waals surface area (Å²) in [5.41, 5.74) is 1.84. The molecule has 8 nitrogen and oxygen atoms in total. The third-order valence-corrected chi connectivity index (χ3v) is 9.70. The molecule has 4 saturated carbocycles. The highest BCUT2D eigenvalue weighted by atomic mass is 32.2. The molecule has 166 valence electrons. The Morgan fingerprint density at radius 1 is 1.17 bits per heavy atom. The molecule has 30 heavy (non-hydrogen) atoms. The van der Waals surface area contributed by atoms with Gasteiger partial charge >= 0.3 is 0 Å². The van der Waals surface area contributed by atoms with Gasteiger partial charge in [-0.3, -0.25) is 9.48 Å². The second-order valence-corrected chi connectivity index (χ2v) is 12.2. The number of hydrogen-bond acceptors (Lipinski definition) is 4. The van der Waals surface area contributed by atoms with Crippen molar-refractivity contribution in [1.29, 1.82) is 0 Å². The zero-order chi connectivity index (χ0) is 21.3. The third kappa shape index (κ3) is 3.48. The van der Waals surface area contributed by atoms with Gasteiger partial charge in [0, 0.05) is 32.4 Å². The first-order chi connectivity index (χ1) is 14.1. The van der Waals surface area contributed by atoms with Crippen molar-refractivity contribution >= 4 is 16.1 Å². The molecule has 9 heteroatoms. The summed E-state index contributed by atoms with van der Waals surface area (Å²) in [6.07, 6.45) is 10.00. The zero-order valence-corrected chi connectivity index (χ0v) is 18.9. The summed E-state index contributed by atoms with van der Waals surface area (Å²) in [5.74, 6) is 2.30. The molecule has 2 atom stereocenters. The van der Waals surface area contributed by atoms with Crippen LogP contribution < -0.4 is 10.0 Å². The molecule has 0 aromatic carbocycles. The van der Waals surface area contributed by atoms with Gasteiger partial charge in [0.2, 0.25) is 5.91 Å². The first-order valence-corrected chi connectivity index (χ1v) is 12.6. The van der Waals surface area contributed by atoms with Crippen LogP contribution in [-0.4, -0.2) is 48.0 Å². The first-order valence-electron chi connectivity index (χ1n) is 11.2. The van der Waals surface area contributed by atoms with Crippen LogP contribution >= 0.6 is 0 Å². The molecular weight excluding hydrogens is 402 g/mol. The number of likely N-dealkylation sites (N-methyl/N-ethyl adjacent to an activating group) is 1. The number of aryl methyl sites for hydroxylation is 2. The number of amides is 1. The maximum absolute atomic E-state index is 13.2. The molecule has 0 radical (unpaired) electrons. The van der Waals surface area contributed by atoms with Crippen LogP contribution in [0.2, 0.25) is 0 Å². The second-order valence-electron chi connectivity index (χ2n) is 10.4. The molecule has 2 N–H and O–H groups in total. The maximum atomic E-state index is 13.2. The molecule has 0 unspecified atom stereocenters. The van der Waals surface area contributed by atoms with Gasteiger partial charge in [0.1, 0.15) is 6.04 Å². The minimum atomic E-state index is -3.74. The first kappa shape index (κ1) is 20.5. The zero-order valence-electron chi connectivity index (χ0n) is 18.1. The van der Waals surface area contributed by atoms with Crippen LogP contribution in [0.4, 0.5) is 0 Å². The molecule has 4 aliphatic carbocycles. The number of rotatable bonds is 4. The average molecular weight is 436 g/mol. The van der Waals surface area contributed by atoms with Crippen LogP contribution in [0.1, 0.15) is 62.2 Å². The lowest BCUT2D eigenvalue weighted by Crippen LogP contribution is -2.58. The predicted molar refractivity (Wildman–Crippen MR) is 113 cm³/mol. The molecule has 5 fully saturated rings. The van der Waals surface area contributed by atoms with E-state index in [4.69, 9.17) is 0 Å². The van der Waals surface area contributed by atoms with E-state index in [1.165, 1.54) is 49.9 Å². The molecule has 6 rings (SSSR count). The number of nitrogens with one attached hydrogen (secondary N) is 2. The number of hydrogen-bond donors (Lipinski definition) is 2. The van der Waals surface area contributed by atoms with Crippen molar-refractivity contribution in [2.45, 2.75) is 64.0 Å². The molecule has 5 aliphatic rings. The highest BCUT2D eigenvalue weighted by Crippen LogP contribution is 2.59. The van der Waals surface area contributed by atoms with E-state index in [-0.39, 0.29) is 11.3 Å². The minimum Gasteiger partial charge on any atom is -0.354 e. The summed E-state index contributed by atoms with van der Waals surface area (Å²) in [5, 5.41) is 7.51.